The predicted molar refractivity (Wildman–Crippen MR) is 86.2 cm³/mol. The predicted octanol–water partition coefficient (Wildman–Crippen LogP) is 4.24. The van der Waals surface area contributed by atoms with Gasteiger partial charge in [-0.15, -0.1) is 11.3 Å². The van der Waals surface area contributed by atoms with Crippen molar-refractivity contribution in [3.05, 3.63) is 69.9 Å². The number of thiophene rings is 1. The zero-order valence-electron chi connectivity index (χ0n) is 11.3. The van der Waals surface area contributed by atoms with Crippen LogP contribution in [-0.2, 0) is 18.4 Å². The lowest BCUT2D eigenvalue weighted by atomic mass is 9.76. The van der Waals surface area contributed by atoms with Gasteiger partial charge in [-0.3, -0.25) is 0 Å². The van der Waals surface area contributed by atoms with Gasteiger partial charge < -0.3 is 5.73 Å². The maximum atomic E-state index is 6.83. The maximum Gasteiger partial charge on any atom is 0.0467 e. The average molecular weight is 279 g/mol. The number of rotatable bonds is 1. The third kappa shape index (κ3) is 1.80. The van der Waals surface area contributed by atoms with E-state index in [0.29, 0.717) is 0 Å². The summed E-state index contributed by atoms with van der Waals surface area (Å²) in [4.78, 5) is 1.46. The second-order valence-corrected chi connectivity index (χ2v) is 6.73. The molecule has 0 saturated heterocycles. The summed E-state index contributed by atoms with van der Waals surface area (Å²) in [5.41, 5.74) is 9.40. The molecule has 0 saturated carbocycles. The van der Waals surface area contributed by atoms with Crippen molar-refractivity contribution >= 4 is 22.1 Å². The van der Waals surface area contributed by atoms with Gasteiger partial charge in [-0.1, -0.05) is 42.5 Å². The van der Waals surface area contributed by atoms with Crippen molar-refractivity contribution in [2.45, 2.75) is 24.8 Å². The molecule has 1 atom stereocenters. The highest BCUT2D eigenvalue weighted by molar-refractivity contribution is 7.10. The molecule has 1 nitrogen and oxygen atoms in total. The molecule has 1 aliphatic carbocycles. The van der Waals surface area contributed by atoms with E-state index in [1.165, 1.54) is 26.8 Å². The molecule has 100 valence electrons. The van der Waals surface area contributed by atoms with Gasteiger partial charge in [-0.2, -0.15) is 0 Å². The highest BCUT2D eigenvalue weighted by Gasteiger charge is 2.33. The van der Waals surface area contributed by atoms with Crippen molar-refractivity contribution in [3.63, 3.8) is 0 Å². The summed E-state index contributed by atoms with van der Waals surface area (Å²) in [5, 5.41) is 4.78. The zero-order chi connectivity index (χ0) is 13.6. The Hall–Kier alpha value is -1.64. The fraction of sp³-hybridized carbons (Fsp3) is 0.222. The van der Waals surface area contributed by atoms with Crippen LogP contribution in [0.4, 0.5) is 0 Å². The van der Waals surface area contributed by atoms with E-state index in [2.05, 4.69) is 53.9 Å². The summed E-state index contributed by atoms with van der Waals surface area (Å²) in [5.74, 6) is 0. The molecule has 0 amide bonds. The average Bonchev–Trinajstić information content (AvgIpc) is 2.93. The number of fused-ring (bicyclic) bond motifs is 2. The Balaban J connectivity index is 1.87. The van der Waals surface area contributed by atoms with Gasteiger partial charge in [0, 0.05) is 16.8 Å². The van der Waals surface area contributed by atoms with Crippen molar-refractivity contribution in [2.24, 2.45) is 5.73 Å². The van der Waals surface area contributed by atoms with Crippen LogP contribution >= 0.6 is 11.3 Å². The van der Waals surface area contributed by atoms with Crippen LogP contribution < -0.4 is 5.73 Å². The van der Waals surface area contributed by atoms with Gasteiger partial charge in [0.05, 0.1) is 0 Å². The molecular formula is C18H17NS. The molecule has 1 unspecified atom stereocenters. The Labute approximate surface area is 123 Å². The Morgan fingerprint density at radius 1 is 1.00 bits per heavy atom. The third-order valence-electron chi connectivity index (χ3n) is 4.48. The molecule has 0 radical (unpaired) electrons. The lowest BCUT2D eigenvalue weighted by molar-refractivity contribution is 0.393. The summed E-state index contributed by atoms with van der Waals surface area (Å²) < 4.78 is 0. The van der Waals surface area contributed by atoms with Gasteiger partial charge in [0.1, 0.15) is 0 Å². The van der Waals surface area contributed by atoms with Gasteiger partial charge in [0.25, 0.3) is 0 Å². The van der Waals surface area contributed by atoms with E-state index >= 15 is 0 Å². The van der Waals surface area contributed by atoms with E-state index in [4.69, 9.17) is 5.73 Å². The minimum Gasteiger partial charge on any atom is -0.321 e. The van der Waals surface area contributed by atoms with E-state index < -0.39 is 0 Å². The highest BCUT2D eigenvalue weighted by atomic mass is 32.1. The fourth-order valence-corrected chi connectivity index (χ4v) is 4.43. The van der Waals surface area contributed by atoms with Crippen LogP contribution in [0, 0.1) is 0 Å². The summed E-state index contributed by atoms with van der Waals surface area (Å²) in [6.07, 6.45) is 3.09. The lowest BCUT2D eigenvalue weighted by Gasteiger charge is -2.34. The van der Waals surface area contributed by atoms with Gasteiger partial charge >= 0.3 is 0 Å². The summed E-state index contributed by atoms with van der Waals surface area (Å²) in [6.45, 7) is 0. The summed E-state index contributed by atoms with van der Waals surface area (Å²) >= 11 is 1.85. The molecule has 2 N–H and O–H groups in total. The highest BCUT2D eigenvalue weighted by Crippen LogP contribution is 2.39. The van der Waals surface area contributed by atoms with Crippen LogP contribution in [0.5, 0.6) is 0 Å². The van der Waals surface area contributed by atoms with Gasteiger partial charge in [0.15, 0.2) is 0 Å². The van der Waals surface area contributed by atoms with Crippen LogP contribution in [0.2, 0.25) is 0 Å². The quantitative estimate of drug-likeness (QED) is 0.708. The molecule has 0 fully saturated rings. The number of aryl methyl sites for hydroxylation is 1. The van der Waals surface area contributed by atoms with Crippen molar-refractivity contribution < 1.29 is 0 Å². The van der Waals surface area contributed by atoms with Crippen LogP contribution in [0.1, 0.15) is 22.4 Å². The first-order valence-electron chi connectivity index (χ1n) is 7.09. The van der Waals surface area contributed by atoms with E-state index in [-0.39, 0.29) is 5.54 Å². The Kier molecular flexibility index (Phi) is 2.69. The molecule has 1 aliphatic rings. The largest absolute Gasteiger partial charge is 0.321 e. The lowest BCUT2D eigenvalue weighted by Crippen LogP contribution is -2.41. The minimum atomic E-state index is -0.223. The zero-order valence-corrected chi connectivity index (χ0v) is 12.1. The maximum absolute atomic E-state index is 6.83. The van der Waals surface area contributed by atoms with Gasteiger partial charge in [-0.25, -0.2) is 0 Å². The van der Waals surface area contributed by atoms with Crippen molar-refractivity contribution in [3.8, 4) is 0 Å². The first kappa shape index (κ1) is 12.1. The molecule has 4 rings (SSSR count). The van der Waals surface area contributed by atoms with E-state index in [1.807, 2.05) is 11.3 Å². The molecule has 0 spiro atoms. The van der Waals surface area contributed by atoms with Gasteiger partial charge in [-0.05, 0) is 46.2 Å². The van der Waals surface area contributed by atoms with Crippen molar-refractivity contribution in [1.29, 1.82) is 0 Å². The van der Waals surface area contributed by atoms with Crippen molar-refractivity contribution in [2.75, 3.05) is 0 Å². The minimum absolute atomic E-state index is 0.223. The Morgan fingerprint density at radius 2 is 1.85 bits per heavy atom. The van der Waals surface area contributed by atoms with E-state index in [0.717, 1.165) is 19.3 Å². The number of benzene rings is 2. The second kappa shape index (κ2) is 4.44. The van der Waals surface area contributed by atoms with E-state index in [1.54, 1.807) is 0 Å². The topological polar surface area (TPSA) is 26.0 Å². The van der Waals surface area contributed by atoms with Crippen LogP contribution in [0.25, 0.3) is 10.8 Å². The second-order valence-electron chi connectivity index (χ2n) is 5.73. The monoisotopic (exact) mass is 279 g/mol. The third-order valence-corrected chi connectivity index (χ3v) is 5.44. The molecule has 1 heterocycles. The summed E-state index contributed by atoms with van der Waals surface area (Å²) in [7, 11) is 0. The van der Waals surface area contributed by atoms with Crippen LogP contribution in [0.15, 0.2) is 53.9 Å². The summed E-state index contributed by atoms with van der Waals surface area (Å²) in [6, 6.07) is 17.3. The number of hydrogen-bond donors (Lipinski definition) is 1. The number of nitrogens with two attached hydrogens (primary N) is 1. The molecule has 2 heteroatoms. The van der Waals surface area contributed by atoms with Crippen LogP contribution in [-0.4, -0.2) is 0 Å². The molecule has 3 aromatic rings. The molecule has 0 aliphatic heterocycles. The van der Waals surface area contributed by atoms with E-state index in [9.17, 15) is 0 Å². The molecule has 0 bridgehead atoms. The molecule has 20 heavy (non-hydrogen) atoms. The number of hydrogen-bond acceptors (Lipinski definition) is 2. The Bertz CT molecular complexity index is 768. The fourth-order valence-electron chi connectivity index (χ4n) is 3.37. The van der Waals surface area contributed by atoms with Crippen LogP contribution in [0.3, 0.4) is 0 Å². The SMILES string of the molecule is NC1(c2cccc3ccccc23)CCc2ccsc2C1. The molecule has 1 aromatic heterocycles. The van der Waals surface area contributed by atoms with Crippen molar-refractivity contribution in [1.82, 2.24) is 0 Å². The smallest absolute Gasteiger partial charge is 0.0467 e. The molecular weight excluding hydrogens is 262 g/mol. The standard InChI is InChI=1S/C18H17NS/c19-18(10-8-14-9-11-20-17(14)12-18)16-7-3-5-13-4-1-2-6-15(13)16/h1-7,9,11H,8,10,12,19H2. The first-order chi connectivity index (χ1) is 9.76. The molecule has 2 aromatic carbocycles. The first-order valence-corrected chi connectivity index (χ1v) is 7.97. The van der Waals surface area contributed by atoms with Gasteiger partial charge in [0.2, 0.25) is 0 Å². The Morgan fingerprint density at radius 3 is 2.80 bits per heavy atom. The normalized spacial score (nSPS) is 21.9.